The maximum absolute atomic E-state index is 11.3. The maximum Gasteiger partial charge on any atom is 0.416 e. The van der Waals surface area contributed by atoms with Gasteiger partial charge in [-0.3, -0.25) is 9.78 Å². The third-order valence-corrected chi connectivity index (χ3v) is 4.43. The van der Waals surface area contributed by atoms with Crippen LogP contribution < -0.4 is 5.32 Å². The Bertz CT molecular complexity index is 886. The summed E-state index contributed by atoms with van der Waals surface area (Å²) in [6.45, 7) is 0.433. The summed E-state index contributed by atoms with van der Waals surface area (Å²) in [5, 5.41) is 2.71. The molecule has 0 bridgehead atoms. The van der Waals surface area contributed by atoms with Crippen molar-refractivity contribution in [1.82, 2.24) is 15.2 Å². The summed E-state index contributed by atoms with van der Waals surface area (Å²) in [5.74, 6) is -0.210. The van der Waals surface area contributed by atoms with E-state index >= 15 is 0 Å². The molecular weight excluding hydrogens is 374 g/mol. The van der Waals surface area contributed by atoms with Crippen LogP contribution in [0.3, 0.4) is 0 Å². The number of benzene rings is 1. The zero-order chi connectivity index (χ0) is 20.6. The molecule has 2 aliphatic heterocycles. The Labute approximate surface area is 168 Å². The Kier molecular flexibility index (Phi) is 6.57. The number of rotatable bonds is 3. The van der Waals surface area contributed by atoms with Gasteiger partial charge in [0, 0.05) is 12.4 Å². The number of cyclic esters (lactones) is 1. The lowest BCUT2D eigenvalue weighted by Gasteiger charge is -2.35. The molecule has 1 N–H and O–H groups in total. The van der Waals surface area contributed by atoms with Crippen LogP contribution >= 0.6 is 0 Å². The number of nitrogens with one attached hydrogen (secondary N) is 1. The second-order valence-electron chi connectivity index (χ2n) is 6.36. The van der Waals surface area contributed by atoms with Crippen LogP contribution in [-0.2, 0) is 14.3 Å². The quantitative estimate of drug-likeness (QED) is 0.803. The van der Waals surface area contributed by atoms with Crippen molar-refractivity contribution in [3.8, 4) is 0 Å². The van der Waals surface area contributed by atoms with E-state index in [2.05, 4.69) is 15.0 Å². The Morgan fingerprint density at radius 1 is 1.24 bits per heavy atom. The first-order valence-electron chi connectivity index (χ1n) is 9.05. The molecule has 2 atom stereocenters. The summed E-state index contributed by atoms with van der Waals surface area (Å²) in [4.78, 5) is 38.3. The lowest BCUT2D eigenvalue weighted by atomic mass is 10.0. The number of alkyl carbamates (subject to hydrolysis) is 1. The average molecular weight is 395 g/mol. The van der Waals surface area contributed by atoms with Crippen LogP contribution in [0.1, 0.15) is 23.6 Å². The van der Waals surface area contributed by atoms with Gasteiger partial charge in [0.25, 0.3) is 0 Å². The van der Waals surface area contributed by atoms with Gasteiger partial charge in [0.05, 0.1) is 25.6 Å². The molecule has 1 aromatic carbocycles. The second kappa shape index (κ2) is 9.50. The summed E-state index contributed by atoms with van der Waals surface area (Å²) in [6, 6.07) is 13.3. The molecule has 2 aromatic rings. The summed E-state index contributed by atoms with van der Waals surface area (Å²) in [5.41, 5.74) is 2.01. The molecule has 29 heavy (non-hydrogen) atoms. The number of carbonyl (C=O) groups excluding carboxylic acids is 3. The number of hydrogen-bond acceptors (Lipinski definition) is 6. The Morgan fingerprint density at radius 2 is 2.03 bits per heavy atom. The number of β-lactam (4-membered cyclic amide) rings is 1. The van der Waals surface area contributed by atoms with Gasteiger partial charge in [-0.15, -0.1) is 0 Å². The lowest BCUT2D eigenvalue weighted by molar-refractivity contribution is -0.140. The third-order valence-electron chi connectivity index (χ3n) is 4.43. The highest BCUT2D eigenvalue weighted by molar-refractivity contribution is 5.98. The highest BCUT2D eigenvalue weighted by Gasteiger charge is 2.39. The van der Waals surface area contributed by atoms with Crippen LogP contribution in [0.4, 0.5) is 9.59 Å². The molecule has 0 radical (unpaired) electrons. The Balaban J connectivity index is 0.000000176. The molecule has 1 aromatic heterocycles. The minimum Gasteiger partial charge on any atom is -0.452 e. The summed E-state index contributed by atoms with van der Waals surface area (Å²) < 4.78 is 9.30. The molecule has 0 aliphatic carbocycles. The summed E-state index contributed by atoms with van der Waals surface area (Å²) in [6.07, 6.45) is 6.43. The van der Waals surface area contributed by atoms with Gasteiger partial charge in [-0.2, -0.15) is 0 Å². The van der Waals surface area contributed by atoms with Gasteiger partial charge in [-0.25, -0.2) is 14.5 Å². The molecule has 3 heterocycles. The molecule has 0 saturated carbocycles. The number of aromatic nitrogens is 1. The van der Waals surface area contributed by atoms with Crippen LogP contribution in [0.2, 0.25) is 0 Å². The highest BCUT2D eigenvalue weighted by atomic mass is 16.6. The van der Waals surface area contributed by atoms with Gasteiger partial charge >= 0.3 is 12.2 Å². The zero-order valence-corrected chi connectivity index (χ0v) is 15.9. The van der Waals surface area contributed by atoms with E-state index in [1.165, 1.54) is 7.11 Å². The van der Waals surface area contributed by atoms with Gasteiger partial charge in [0.15, 0.2) is 0 Å². The first kappa shape index (κ1) is 20.1. The molecule has 0 spiro atoms. The van der Waals surface area contributed by atoms with Crippen LogP contribution in [0.15, 0.2) is 60.9 Å². The Hall–Kier alpha value is -3.68. The minimum atomic E-state index is -0.609. The smallest absolute Gasteiger partial charge is 0.416 e. The van der Waals surface area contributed by atoms with Gasteiger partial charge < -0.3 is 14.8 Å². The fourth-order valence-corrected chi connectivity index (χ4v) is 2.88. The number of methoxy groups -OCH3 is 1. The van der Waals surface area contributed by atoms with Crippen LogP contribution in [0.5, 0.6) is 0 Å². The SMILES string of the molecule is COC(=O)N1C(=O)C[C@H]1/C=C/c1cccnc1.O=C1N[C@@H](c2ccccc2)CO1. The lowest BCUT2D eigenvalue weighted by Crippen LogP contribution is -2.54. The fraction of sp³-hybridized carbons (Fsp3) is 0.238. The van der Waals surface area contributed by atoms with Crippen molar-refractivity contribution in [3.05, 3.63) is 72.1 Å². The first-order chi connectivity index (χ1) is 14.1. The van der Waals surface area contributed by atoms with Crippen LogP contribution in [0, 0.1) is 0 Å². The molecule has 8 heteroatoms. The number of ether oxygens (including phenoxy) is 2. The van der Waals surface area contributed by atoms with Crippen molar-refractivity contribution in [2.75, 3.05) is 13.7 Å². The van der Waals surface area contributed by atoms with E-state index in [0.29, 0.717) is 13.0 Å². The standard InChI is InChI=1S/C12H12N2O3.C9H9NO2/c1-17-12(16)14-10(7-11(14)15)5-4-9-3-2-6-13-8-9;11-9-10-8(6-12-9)7-4-2-1-3-5-7/h2-6,8,10H,7H2,1H3;1-5,8H,6H2,(H,10,11)/b5-4+;/t10-;8-/m11/s1. The van der Waals surface area contributed by atoms with Crippen molar-refractivity contribution in [2.24, 2.45) is 0 Å². The van der Waals surface area contributed by atoms with Gasteiger partial charge in [0.1, 0.15) is 6.61 Å². The largest absolute Gasteiger partial charge is 0.452 e. The third kappa shape index (κ3) is 5.19. The van der Waals surface area contributed by atoms with Crippen molar-refractivity contribution >= 4 is 24.2 Å². The molecule has 150 valence electrons. The predicted molar refractivity (Wildman–Crippen MR) is 105 cm³/mol. The minimum absolute atomic E-state index is 0.0266. The second-order valence-corrected chi connectivity index (χ2v) is 6.36. The van der Waals surface area contributed by atoms with Gasteiger partial charge in [0.2, 0.25) is 5.91 Å². The molecule has 4 rings (SSSR count). The molecule has 3 amide bonds. The average Bonchev–Trinajstić information content (AvgIpc) is 3.19. The molecule has 2 saturated heterocycles. The highest BCUT2D eigenvalue weighted by Crippen LogP contribution is 2.22. The maximum atomic E-state index is 11.3. The van der Waals surface area contributed by atoms with Crippen molar-refractivity contribution < 1.29 is 23.9 Å². The molecule has 2 aliphatic rings. The van der Waals surface area contributed by atoms with E-state index in [-0.39, 0.29) is 24.1 Å². The normalized spacial score (nSPS) is 20.2. The number of likely N-dealkylation sites (tertiary alicyclic amines) is 1. The van der Waals surface area contributed by atoms with E-state index in [9.17, 15) is 14.4 Å². The molecule has 2 fully saturated rings. The van der Waals surface area contributed by atoms with Gasteiger partial charge in [-0.1, -0.05) is 48.6 Å². The number of carbonyl (C=O) groups is 3. The molecular formula is C21H21N3O5. The predicted octanol–water partition coefficient (Wildman–Crippen LogP) is 2.93. The fourth-order valence-electron chi connectivity index (χ4n) is 2.88. The van der Waals surface area contributed by atoms with E-state index in [1.54, 1.807) is 18.5 Å². The topological polar surface area (TPSA) is 97.8 Å². The number of hydrogen-bond donors (Lipinski definition) is 1. The summed E-state index contributed by atoms with van der Waals surface area (Å²) in [7, 11) is 1.26. The zero-order valence-electron chi connectivity index (χ0n) is 15.9. The van der Waals surface area contributed by atoms with E-state index in [1.807, 2.05) is 48.5 Å². The van der Waals surface area contributed by atoms with E-state index < -0.39 is 6.09 Å². The Morgan fingerprint density at radius 3 is 2.62 bits per heavy atom. The van der Waals surface area contributed by atoms with Crippen molar-refractivity contribution in [2.45, 2.75) is 18.5 Å². The number of pyridine rings is 1. The summed E-state index contributed by atoms with van der Waals surface area (Å²) >= 11 is 0. The van der Waals surface area contributed by atoms with Gasteiger partial charge in [-0.05, 0) is 17.2 Å². The van der Waals surface area contributed by atoms with Crippen LogP contribution in [0.25, 0.3) is 6.08 Å². The molecule has 8 nitrogen and oxygen atoms in total. The van der Waals surface area contributed by atoms with Crippen molar-refractivity contribution in [1.29, 1.82) is 0 Å². The van der Waals surface area contributed by atoms with E-state index in [0.717, 1.165) is 16.0 Å². The first-order valence-corrected chi connectivity index (χ1v) is 9.05. The molecule has 0 unspecified atom stereocenters. The number of nitrogens with zero attached hydrogens (tertiary/aromatic N) is 2. The number of imide groups is 1. The van der Waals surface area contributed by atoms with Crippen molar-refractivity contribution in [3.63, 3.8) is 0 Å². The van der Waals surface area contributed by atoms with Crippen LogP contribution in [-0.4, -0.2) is 47.7 Å². The number of amides is 3. The monoisotopic (exact) mass is 395 g/mol. The van der Waals surface area contributed by atoms with E-state index in [4.69, 9.17) is 4.74 Å².